The maximum Gasteiger partial charge on any atom is 0.234 e. The molecule has 1 saturated heterocycles. The molecule has 0 radical (unpaired) electrons. The highest BCUT2D eigenvalue weighted by molar-refractivity contribution is 6.42. The predicted molar refractivity (Wildman–Crippen MR) is 65.0 cm³/mol. The molecular formula is C11H12Cl2N2O. The lowest BCUT2D eigenvalue weighted by atomic mass is 10.0. The summed E-state index contributed by atoms with van der Waals surface area (Å²) in [5.41, 5.74) is 1.00. The third kappa shape index (κ3) is 2.67. The molecule has 0 aromatic heterocycles. The van der Waals surface area contributed by atoms with Crippen LogP contribution in [-0.4, -0.2) is 25.0 Å². The van der Waals surface area contributed by atoms with Gasteiger partial charge in [0, 0.05) is 12.6 Å². The van der Waals surface area contributed by atoms with Crippen LogP contribution in [-0.2, 0) is 11.2 Å². The number of amides is 1. The smallest absolute Gasteiger partial charge is 0.234 e. The molecule has 1 aromatic rings. The van der Waals surface area contributed by atoms with Gasteiger partial charge in [0.05, 0.1) is 16.6 Å². The summed E-state index contributed by atoms with van der Waals surface area (Å²) in [6.45, 7) is 0.991. The Morgan fingerprint density at radius 2 is 2.19 bits per heavy atom. The fraction of sp³-hybridized carbons (Fsp3) is 0.364. The average molecular weight is 259 g/mol. The van der Waals surface area contributed by atoms with Crippen molar-refractivity contribution in [3.63, 3.8) is 0 Å². The Morgan fingerprint density at radius 3 is 2.88 bits per heavy atom. The first-order chi connectivity index (χ1) is 7.66. The molecule has 1 amide bonds. The SMILES string of the molecule is O=C1CNC(Cc2cccc(Cl)c2Cl)CN1. The van der Waals surface area contributed by atoms with Crippen molar-refractivity contribution in [1.29, 1.82) is 0 Å². The predicted octanol–water partition coefficient (Wildman–Crippen LogP) is 1.62. The molecule has 2 rings (SSSR count). The lowest BCUT2D eigenvalue weighted by Gasteiger charge is -2.24. The molecule has 1 aliphatic rings. The molecule has 5 heteroatoms. The fourth-order valence-corrected chi connectivity index (χ4v) is 2.12. The Hall–Kier alpha value is -0.770. The van der Waals surface area contributed by atoms with E-state index in [-0.39, 0.29) is 11.9 Å². The molecule has 16 heavy (non-hydrogen) atoms. The molecule has 0 bridgehead atoms. The highest BCUT2D eigenvalue weighted by Crippen LogP contribution is 2.26. The zero-order chi connectivity index (χ0) is 11.5. The maximum absolute atomic E-state index is 11.0. The summed E-state index contributed by atoms with van der Waals surface area (Å²) in [6, 6.07) is 5.81. The summed E-state index contributed by atoms with van der Waals surface area (Å²) in [6.07, 6.45) is 0.764. The quantitative estimate of drug-likeness (QED) is 0.847. The van der Waals surface area contributed by atoms with E-state index in [0.29, 0.717) is 23.1 Å². The summed E-state index contributed by atoms with van der Waals surface area (Å²) >= 11 is 12.0. The summed E-state index contributed by atoms with van der Waals surface area (Å²) in [5, 5.41) is 7.13. The van der Waals surface area contributed by atoms with Crippen molar-refractivity contribution in [3.8, 4) is 0 Å². The number of rotatable bonds is 2. The molecule has 0 spiro atoms. The van der Waals surface area contributed by atoms with Gasteiger partial charge in [-0.3, -0.25) is 4.79 Å². The standard InChI is InChI=1S/C11H12Cl2N2O/c12-9-3-1-2-7(11(9)13)4-8-5-15-10(16)6-14-8/h1-3,8,14H,4-6H2,(H,15,16). The van der Waals surface area contributed by atoms with E-state index in [1.807, 2.05) is 12.1 Å². The van der Waals surface area contributed by atoms with Crippen LogP contribution in [0.1, 0.15) is 5.56 Å². The number of hydrogen-bond donors (Lipinski definition) is 2. The van der Waals surface area contributed by atoms with Gasteiger partial charge in [-0.2, -0.15) is 0 Å². The van der Waals surface area contributed by atoms with Crippen LogP contribution in [0.15, 0.2) is 18.2 Å². The van der Waals surface area contributed by atoms with Gasteiger partial charge in [0.1, 0.15) is 0 Å². The minimum atomic E-state index is 0.0356. The minimum absolute atomic E-state index is 0.0356. The fourth-order valence-electron chi connectivity index (χ4n) is 1.72. The Bertz CT molecular complexity index is 399. The Morgan fingerprint density at radius 1 is 1.38 bits per heavy atom. The van der Waals surface area contributed by atoms with E-state index in [9.17, 15) is 4.79 Å². The van der Waals surface area contributed by atoms with Crippen molar-refractivity contribution in [3.05, 3.63) is 33.8 Å². The van der Waals surface area contributed by atoms with Crippen molar-refractivity contribution in [2.75, 3.05) is 13.1 Å². The van der Waals surface area contributed by atoms with Gasteiger partial charge >= 0.3 is 0 Å². The highest BCUT2D eigenvalue weighted by atomic mass is 35.5. The number of carbonyl (C=O) groups excluding carboxylic acids is 1. The van der Waals surface area contributed by atoms with E-state index in [2.05, 4.69) is 10.6 Å². The van der Waals surface area contributed by atoms with E-state index >= 15 is 0 Å². The molecule has 3 nitrogen and oxygen atoms in total. The number of nitrogens with one attached hydrogen (secondary N) is 2. The number of hydrogen-bond acceptors (Lipinski definition) is 2. The normalized spacial score (nSPS) is 20.6. The van der Waals surface area contributed by atoms with Gasteiger partial charge in [0.25, 0.3) is 0 Å². The Labute approximate surface area is 104 Å². The summed E-state index contributed by atoms with van der Waals surface area (Å²) in [5.74, 6) is 0.0356. The summed E-state index contributed by atoms with van der Waals surface area (Å²) in [7, 11) is 0. The average Bonchev–Trinajstić information content (AvgIpc) is 2.28. The van der Waals surface area contributed by atoms with E-state index in [4.69, 9.17) is 23.2 Å². The van der Waals surface area contributed by atoms with Crippen molar-refractivity contribution < 1.29 is 4.79 Å². The molecule has 1 heterocycles. The molecule has 1 aliphatic heterocycles. The molecule has 86 valence electrons. The van der Waals surface area contributed by atoms with Gasteiger partial charge in [0.2, 0.25) is 5.91 Å². The number of benzene rings is 1. The van der Waals surface area contributed by atoms with Crippen LogP contribution in [0.25, 0.3) is 0 Å². The van der Waals surface area contributed by atoms with E-state index in [0.717, 1.165) is 12.0 Å². The minimum Gasteiger partial charge on any atom is -0.353 e. The molecule has 0 aliphatic carbocycles. The van der Waals surface area contributed by atoms with Crippen LogP contribution in [0.2, 0.25) is 10.0 Å². The van der Waals surface area contributed by atoms with Crippen molar-refractivity contribution in [1.82, 2.24) is 10.6 Å². The third-order valence-electron chi connectivity index (χ3n) is 2.59. The monoisotopic (exact) mass is 258 g/mol. The van der Waals surface area contributed by atoms with Gasteiger partial charge in [-0.05, 0) is 18.1 Å². The van der Waals surface area contributed by atoms with Crippen LogP contribution in [0.5, 0.6) is 0 Å². The Balaban J connectivity index is 2.04. The van der Waals surface area contributed by atoms with E-state index < -0.39 is 0 Å². The molecule has 2 N–H and O–H groups in total. The van der Waals surface area contributed by atoms with Crippen LogP contribution in [0.4, 0.5) is 0 Å². The first-order valence-electron chi connectivity index (χ1n) is 5.10. The van der Waals surface area contributed by atoms with Gasteiger partial charge in [-0.15, -0.1) is 0 Å². The van der Waals surface area contributed by atoms with Crippen molar-refractivity contribution in [2.45, 2.75) is 12.5 Å². The van der Waals surface area contributed by atoms with Gasteiger partial charge in [0.15, 0.2) is 0 Å². The van der Waals surface area contributed by atoms with Crippen LogP contribution >= 0.6 is 23.2 Å². The maximum atomic E-state index is 11.0. The second kappa shape index (κ2) is 5.04. The number of halogens is 2. The molecular weight excluding hydrogens is 247 g/mol. The highest BCUT2D eigenvalue weighted by Gasteiger charge is 2.18. The molecule has 1 aromatic carbocycles. The summed E-state index contributed by atoms with van der Waals surface area (Å²) in [4.78, 5) is 11.0. The van der Waals surface area contributed by atoms with Gasteiger partial charge in [-0.1, -0.05) is 35.3 Å². The molecule has 1 unspecified atom stereocenters. The second-order valence-electron chi connectivity index (χ2n) is 3.80. The Kier molecular flexibility index (Phi) is 3.69. The van der Waals surface area contributed by atoms with Crippen molar-refractivity contribution >= 4 is 29.1 Å². The summed E-state index contributed by atoms with van der Waals surface area (Å²) < 4.78 is 0. The number of carbonyl (C=O) groups is 1. The van der Waals surface area contributed by atoms with Crippen LogP contribution < -0.4 is 10.6 Å². The lowest BCUT2D eigenvalue weighted by molar-refractivity contribution is -0.121. The van der Waals surface area contributed by atoms with Crippen LogP contribution in [0, 0.1) is 0 Å². The second-order valence-corrected chi connectivity index (χ2v) is 4.58. The van der Waals surface area contributed by atoms with E-state index in [1.165, 1.54) is 0 Å². The van der Waals surface area contributed by atoms with Crippen LogP contribution in [0.3, 0.4) is 0 Å². The largest absolute Gasteiger partial charge is 0.353 e. The zero-order valence-electron chi connectivity index (χ0n) is 8.59. The number of piperazine rings is 1. The van der Waals surface area contributed by atoms with Gasteiger partial charge in [-0.25, -0.2) is 0 Å². The van der Waals surface area contributed by atoms with Crippen molar-refractivity contribution in [2.24, 2.45) is 0 Å². The molecule has 1 fully saturated rings. The van der Waals surface area contributed by atoms with E-state index in [1.54, 1.807) is 6.07 Å². The first-order valence-corrected chi connectivity index (χ1v) is 5.85. The molecule has 0 saturated carbocycles. The zero-order valence-corrected chi connectivity index (χ0v) is 10.1. The topological polar surface area (TPSA) is 41.1 Å². The molecule has 1 atom stereocenters. The van der Waals surface area contributed by atoms with Gasteiger partial charge < -0.3 is 10.6 Å². The third-order valence-corrected chi connectivity index (χ3v) is 3.45. The lowest BCUT2D eigenvalue weighted by Crippen LogP contribution is -2.52. The first kappa shape index (κ1) is 11.7.